The Labute approximate surface area is 158 Å². The summed E-state index contributed by atoms with van der Waals surface area (Å²) in [5.74, 6) is 6.72. The van der Waals surface area contributed by atoms with Gasteiger partial charge in [0.05, 0.1) is 5.56 Å². The fourth-order valence-corrected chi connectivity index (χ4v) is 3.77. The van der Waals surface area contributed by atoms with Crippen molar-refractivity contribution in [3.05, 3.63) is 59.7 Å². The van der Waals surface area contributed by atoms with Gasteiger partial charge in [-0.15, -0.1) is 0 Å². The normalized spacial score (nSPS) is 26.1. The number of aliphatic hydroxyl groups is 1. The highest BCUT2D eigenvalue weighted by atomic mass is 16.5. The minimum Gasteiger partial charge on any atom is -0.478 e. The lowest BCUT2D eigenvalue weighted by molar-refractivity contribution is -0.0713. The van der Waals surface area contributed by atoms with Gasteiger partial charge in [0.25, 0.3) is 0 Å². The maximum absolute atomic E-state index is 10.9. The van der Waals surface area contributed by atoms with Crippen molar-refractivity contribution in [2.24, 2.45) is 5.92 Å². The van der Waals surface area contributed by atoms with Crippen LogP contribution in [0.25, 0.3) is 0 Å². The molecule has 2 N–H and O–H groups in total. The molecule has 138 valence electrons. The second kappa shape index (κ2) is 7.07. The van der Waals surface area contributed by atoms with Crippen LogP contribution in [0.3, 0.4) is 0 Å². The number of ether oxygens (including phenoxy) is 1. The Morgan fingerprint density at radius 1 is 1.04 bits per heavy atom. The van der Waals surface area contributed by atoms with Crippen molar-refractivity contribution >= 4 is 5.97 Å². The summed E-state index contributed by atoms with van der Waals surface area (Å²) in [4.78, 5) is 13.2. The summed E-state index contributed by atoms with van der Waals surface area (Å²) in [6.07, 6.45) is 2.03. The number of fused-ring (bicyclic) bond motifs is 3. The molecular formula is C22H21NO4. The quantitative estimate of drug-likeness (QED) is 0.821. The fourth-order valence-electron chi connectivity index (χ4n) is 3.77. The molecule has 3 aliphatic heterocycles. The predicted octanol–water partition coefficient (Wildman–Crippen LogP) is 2.99. The molecule has 5 heteroatoms. The molecule has 2 aromatic carbocycles. The molecule has 5 nitrogen and oxygen atoms in total. The molecular weight excluding hydrogens is 342 g/mol. The van der Waals surface area contributed by atoms with Crippen LogP contribution in [0.2, 0.25) is 0 Å². The summed E-state index contributed by atoms with van der Waals surface area (Å²) in [5.41, 5.74) is 0.143. The molecule has 5 rings (SSSR count). The third-order valence-corrected chi connectivity index (χ3v) is 5.34. The van der Waals surface area contributed by atoms with E-state index in [1.54, 1.807) is 12.1 Å². The first kappa shape index (κ1) is 17.6. The number of carbonyl (C=O) groups is 1. The Hall–Kier alpha value is -2.81. The number of hydrogen-bond acceptors (Lipinski definition) is 4. The number of carboxylic acid groups (broad SMARTS) is 1. The summed E-state index contributed by atoms with van der Waals surface area (Å²) in [5, 5.41) is 19.8. The summed E-state index contributed by atoms with van der Waals surface area (Å²) < 4.78 is 5.73. The highest BCUT2D eigenvalue weighted by Crippen LogP contribution is 2.35. The van der Waals surface area contributed by atoms with Crippen molar-refractivity contribution in [1.82, 2.24) is 4.90 Å². The molecule has 0 aliphatic carbocycles. The van der Waals surface area contributed by atoms with E-state index in [1.807, 2.05) is 24.3 Å². The van der Waals surface area contributed by atoms with Crippen LogP contribution in [0, 0.1) is 17.8 Å². The van der Waals surface area contributed by atoms with Crippen LogP contribution in [-0.4, -0.2) is 46.3 Å². The zero-order valence-electron chi connectivity index (χ0n) is 14.9. The molecule has 1 atom stereocenters. The molecule has 0 aromatic heterocycles. The maximum atomic E-state index is 10.9. The zero-order valence-corrected chi connectivity index (χ0v) is 14.9. The molecule has 3 saturated heterocycles. The van der Waals surface area contributed by atoms with Crippen molar-refractivity contribution < 1.29 is 19.7 Å². The van der Waals surface area contributed by atoms with Gasteiger partial charge in [-0.1, -0.05) is 11.8 Å². The SMILES string of the molecule is O=C(O)c1ccc(Oc2ccc(C#C[C@]3(O)CN4CCC3CC4)cc2)cc1. The molecule has 0 saturated carbocycles. The summed E-state index contributed by atoms with van der Waals surface area (Å²) >= 11 is 0. The number of aromatic carboxylic acids is 1. The van der Waals surface area contributed by atoms with Crippen LogP contribution < -0.4 is 4.74 Å². The highest BCUT2D eigenvalue weighted by Gasteiger charge is 2.44. The van der Waals surface area contributed by atoms with E-state index in [2.05, 4.69) is 16.7 Å². The largest absolute Gasteiger partial charge is 0.478 e. The topological polar surface area (TPSA) is 70.0 Å². The van der Waals surface area contributed by atoms with E-state index in [9.17, 15) is 9.90 Å². The molecule has 3 heterocycles. The number of carboxylic acids is 1. The number of benzene rings is 2. The van der Waals surface area contributed by atoms with Crippen molar-refractivity contribution in [2.45, 2.75) is 18.4 Å². The van der Waals surface area contributed by atoms with Gasteiger partial charge < -0.3 is 14.9 Å². The van der Waals surface area contributed by atoms with Gasteiger partial charge in [0.15, 0.2) is 0 Å². The van der Waals surface area contributed by atoms with E-state index in [0.717, 1.165) is 31.5 Å². The summed E-state index contributed by atoms with van der Waals surface area (Å²) in [6, 6.07) is 13.6. The van der Waals surface area contributed by atoms with Crippen molar-refractivity contribution in [3.63, 3.8) is 0 Å². The first-order chi connectivity index (χ1) is 13.0. The molecule has 0 unspecified atom stereocenters. The van der Waals surface area contributed by atoms with Gasteiger partial charge in [-0.25, -0.2) is 4.79 Å². The first-order valence-corrected chi connectivity index (χ1v) is 9.11. The Balaban J connectivity index is 1.43. The van der Waals surface area contributed by atoms with Crippen LogP contribution in [0.1, 0.15) is 28.8 Å². The predicted molar refractivity (Wildman–Crippen MR) is 101 cm³/mol. The van der Waals surface area contributed by atoms with E-state index in [4.69, 9.17) is 9.84 Å². The minimum absolute atomic E-state index is 0.221. The molecule has 3 fully saturated rings. The molecule has 3 aliphatic rings. The number of hydrogen-bond donors (Lipinski definition) is 2. The van der Waals surface area contributed by atoms with Gasteiger partial charge in [-0.05, 0) is 74.5 Å². The Morgan fingerprint density at radius 2 is 1.63 bits per heavy atom. The Bertz CT molecular complexity index is 887. The van der Waals surface area contributed by atoms with Crippen LogP contribution >= 0.6 is 0 Å². The van der Waals surface area contributed by atoms with Crippen LogP contribution in [0.5, 0.6) is 11.5 Å². The molecule has 0 radical (unpaired) electrons. The summed E-state index contributed by atoms with van der Waals surface area (Å²) in [7, 11) is 0. The lowest BCUT2D eigenvalue weighted by atomic mass is 9.76. The van der Waals surface area contributed by atoms with Crippen LogP contribution in [0.4, 0.5) is 0 Å². The average molecular weight is 363 g/mol. The average Bonchev–Trinajstić information content (AvgIpc) is 2.69. The van der Waals surface area contributed by atoms with Crippen molar-refractivity contribution in [2.75, 3.05) is 19.6 Å². The Kier molecular flexibility index (Phi) is 4.61. The highest BCUT2D eigenvalue weighted by molar-refractivity contribution is 5.87. The third kappa shape index (κ3) is 3.82. The van der Waals surface area contributed by atoms with Gasteiger partial charge in [-0.3, -0.25) is 4.90 Å². The van der Waals surface area contributed by atoms with E-state index in [1.165, 1.54) is 12.1 Å². The second-order valence-corrected chi connectivity index (χ2v) is 7.18. The summed E-state index contributed by atoms with van der Waals surface area (Å²) in [6.45, 7) is 2.76. The molecule has 2 aromatic rings. The lowest BCUT2D eigenvalue weighted by Crippen LogP contribution is -2.58. The number of rotatable bonds is 3. The third-order valence-electron chi connectivity index (χ3n) is 5.34. The lowest BCUT2D eigenvalue weighted by Gasteiger charge is -2.47. The fraction of sp³-hybridized carbons (Fsp3) is 0.318. The van der Waals surface area contributed by atoms with Gasteiger partial charge in [-0.2, -0.15) is 0 Å². The van der Waals surface area contributed by atoms with Crippen molar-refractivity contribution in [3.8, 4) is 23.3 Å². The van der Waals surface area contributed by atoms with E-state index in [0.29, 0.717) is 18.0 Å². The van der Waals surface area contributed by atoms with Gasteiger partial charge in [0.1, 0.15) is 17.1 Å². The molecule has 0 spiro atoms. The van der Waals surface area contributed by atoms with Crippen molar-refractivity contribution in [1.29, 1.82) is 0 Å². The van der Waals surface area contributed by atoms with Crippen LogP contribution in [-0.2, 0) is 0 Å². The molecule has 27 heavy (non-hydrogen) atoms. The first-order valence-electron chi connectivity index (χ1n) is 9.11. The molecule has 2 bridgehead atoms. The second-order valence-electron chi connectivity index (χ2n) is 7.18. The number of nitrogens with zero attached hydrogens (tertiary/aromatic N) is 1. The minimum atomic E-state index is -0.964. The Morgan fingerprint density at radius 3 is 2.15 bits per heavy atom. The van der Waals surface area contributed by atoms with E-state index < -0.39 is 11.6 Å². The maximum Gasteiger partial charge on any atom is 0.335 e. The standard InChI is InChI=1S/C22H21NO4/c24-21(25)17-3-7-20(8-4-17)27-19-5-1-16(2-6-19)9-12-22(26)15-23-13-10-18(22)11-14-23/h1-8,18,26H,10-11,13-15H2,(H,24,25)/t22-/m0/s1. The van der Waals surface area contributed by atoms with Crippen LogP contribution in [0.15, 0.2) is 48.5 Å². The van der Waals surface area contributed by atoms with Gasteiger partial charge in [0.2, 0.25) is 0 Å². The van der Waals surface area contributed by atoms with E-state index in [-0.39, 0.29) is 11.5 Å². The zero-order chi connectivity index (χ0) is 18.9. The smallest absolute Gasteiger partial charge is 0.335 e. The van der Waals surface area contributed by atoms with E-state index >= 15 is 0 Å². The van der Waals surface area contributed by atoms with Gasteiger partial charge >= 0.3 is 5.97 Å². The number of piperidine rings is 3. The monoisotopic (exact) mass is 363 g/mol. The molecule has 0 amide bonds. The van der Waals surface area contributed by atoms with Gasteiger partial charge in [0, 0.05) is 18.0 Å².